The maximum Gasteiger partial charge on any atom is 0.416 e. The summed E-state index contributed by atoms with van der Waals surface area (Å²) >= 11 is 0. The van der Waals surface area contributed by atoms with Crippen LogP contribution in [0.2, 0.25) is 0 Å². The molecule has 7 heteroatoms. The van der Waals surface area contributed by atoms with Gasteiger partial charge in [-0.3, -0.25) is 9.59 Å². The molecule has 0 unspecified atom stereocenters. The van der Waals surface area contributed by atoms with Gasteiger partial charge in [-0.1, -0.05) is 6.07 Å². The number of carboxylic acid groups (broad SMARTS) is 1. The Labute approximate surface area is 119 Å². The average molecular weight is 301 g/mol. The minimum Gasteiger partial charge on any atom is -0.481 e. The number of carboxylic acids is 1. The smallest absolute Gasteiger partial charge is 0.416 e. The van der Waals surface area contributed by atoms with Crippen LogP contribution in [0.25, 0.3) is 0 Å². The summed E-state index contributed by atoms with van der Waals surface area (Å²) in [7, 11) is 0. The van der Waals surface area contributed by atoms with Crippen LogP contribution in [0.3, 0.4) is 0 Å². The van der Waals surface area contributed by atoms with Gasteiger partial charge in [-0.25, -0.2) is 0 Å². The number of amides is 1. The van der Waals surface area contributed by atoms with E-state index in [-0.39, 0.29) is 25.3 Å². The predicted octanol–water partition coefficient (Wildman–Crippen LogP) is 2.45. The van der Waals surface area contributed by atoms with Crippen molar-refractivity contribution in [2.75, 3.05) is 6.54 Å². The third-order valence-corrected chi connectivity index (χ3v) is 3.45. The molecular formula is C14H14F3NO3. The normalized spacial score (nSPS) is 14.7. The number of nitrogens with zero attached hydrogens (tertiary/aromatic N) is 1. The van der Waals surface area contributed by atoms with Crippen LogP contribution in [-0.2, 0) is 28.7 Å². The number of alkyl halides is 3. The number of hydrogen-bond donors (Lipinski definition) is 1. The molecule has 0 aromatic heterocycles. The van der Waals surface area contributed by atoms with E-state index in [1.54, 1.807) is 0 Å². The zero-order valence-electron chi connectivity index (χ0n) is 11.1. The van der Waals surface area contributed by atoms with Crippen molar-refractivity contribution in [2.24, 2.45) is 0 Å². The molecule has 0 aliphatic carbocycles. The van der Waals surface area contributed by atoms with Gasteiger partial charge in [0.05, 0.1) is 12.0 Å². The Hall–Kier alpha value is -2.05. The van der Waals surface area contributed by atoms with Crippen molar-refractivity contribution < 1.29 is 27.9 Å². The second kappa shape index (κ2) is 5.75. The number of rotatable bonds is 3. The lowest BCUT2D eigenvalue weighted by atomic mass is 9.97. The number of aliphatic carboxylic acids is 1. The SMILES string of the molecule is O=C(O)CCC(=O)N1CCc2cc(C(F)(F)F)ccc2C1. The highest BCUT2D eigenvalue weighted by molar-refractivity contribution is 5.81. The largest absolute Gasteiger partial charge is 0.481 e. The molecule has 0 bridgehead atoms. The average Bonchev–Trinajstić information content (AvgIpc) is 2.42. The van der Waals surface area contributed by atoms with Gasteiger partial charge in [0.2, 0.25) is 5.91 Å². The van der Waals surface area contributed by atoms with Crippen molar-refractivity contribution in [3.05, 3.63) is 34.9 Å². The van der Waals surface area contributed by atoms with Crippen LogP contribution in [0.15, 0.2) is 18.2 Å². The monoisotopic (exact) mass is 301 g/mol. The van der Waals surface area contributed by atoms with E-state index < -0.39 is 17.7 Å². The minimum absolute atomic E-state index is 0.0920. The molecule has 114 valence electrons. The lowest BCUT2D eigenvalue weighted by Gasteiger charge is -2.29. The zero-order valence-corrected chi connectivity index (χ0v) is 11.1. The van der Waals surface area contributed by atoms with E-state index in [2.05, 4.69) is 0 Å². The Morgan fingerprint density at radius 2 is 1.90 bits per heavy atom. The Balaban J connectivity index is 2.08. The molecular weight excluding hydrogens is 287 g/mol. The van der Waals surface area contributed by atoms with Crippen molar-refractivity contribution in [3.8, 4) is 0 Å². The van der Waals surface area contributed by atoms with Crippen molar-refractivity contribution in [3.63, 3.8) is 0 Å². The number of halogens is 3. The number of carbonyl (C=O) groups excluding carboxylic acids is 1. The highest BCUT2D eigenvalue weighted by atomic mass is 19.4. The number of fused-ring (bicyclic) bond motifs is 1. The molecule has 0 spiro atoms. The van der Waals surface area contributed by atoms with Crippen LogP contribution in [0.1, 0.15) is 29.5 Å². The lowest BCUT2D eigenvalue weighted by Crippen LogP contribution is -2.36. The zero-order chi connectivity index (χ0) is 15.6. The van der Waals surface area contributed by atoms with Crippen LogP contribution in [0, 0.1) is 0 Å². The Bertz CT molecular complexity index is 569. The lowest BCUT2D eigenvalue weighted by molar-refractivity contribution is -0.141. The molecule has 1 N–H and O–H groups in total. The second-order valence-corrected chi connectivity index (χ2v) is 4.94. The minimum atomic E-state index is -4.37. The van der Waals surface area contributed by atoms with Crippen LogP contribution < -0.4 is 0 Å². The molecule has 4 nitrogen and oxygen atoms in total. The van der Waals surface area contributed by atoms with Crippen LogP contribution >= 0.6 is 0 Å². The van der Waals surface area contributed by atoms with Gasteiger partial charge in [0.25, 0.3) is 0 Å². The molecule has 0 saturated carbocycles. The highest BCUT2D eigenvalue weighted by Crippen LogP contribution is 2.32. The molecule has 0 atom stereocenters. The van der Waals surface area contributed by atoms with E-state index in [1.807, 2.05) is 0 Å². The molecule has 0 saturated heterocycles. The first kappa shape index (κ1) is 15.3. The van der Waals surface area contributed by atoms with E-state index >= 15 is 0 Å². The van der Waals surface area contributed by atoms with Gasteiger partial charge in [-0.15, -0.1) is 0 Å². The molecule has 2 rings (SSSR count). The second-order valence-electron chi connectivity index (χ2n) is 4.94. The number of hydrogen-bond acceptors (Lipinski definition) is 2. The summed E-state index contributed by atoms with van der Waals surface area (Å²) in [6, 6.07) is 3.51. The Kier molecular flexibility index (Phi) is 4.20. The first-order valence-corrected chi connectivity index (χ1v) is 6.46. The van der Waals surface area contributed by atoms with Crippen molar-refractivity contribution in [1.29, 1.82) is 0 Å². The van der Waals surface area contributed by atoms with Crippen LogP contribution in [0.5, 0.6) is 0 Å². The predicted molar refractivity (Wildman–Crippen MR) is 67.4 cm³/mol. The van der Waals surface area contributed by atoms with E-state index in [4.69, 9.17) is 5.11 Å². The molecule has 1 aromatic rings. The van der Waals surface area contributed by atoms with Gasteiger partial charge in [0.15, 0.2) is 0 Å². The van der Waals surface area contributed by atoms with Crippen molar-refractivity contribution in [2.45, 2.75) is 32.0 Å². The molecule has 0 fully saturated rings. The van der Waals surface area contributed by atoms with Gasteiger partial charge in [-0.05, 0) is 29.7 Å². The maximum atomic E-state index is 12.6. The molecule has 1 heterocycles. The summed E-state index contributed by atoms with van der Waals surface area (Å²) in [4.78, 5) is 23.7. The molecule has 1 aliphatic rings. The first-order valence-electron chi connectivity index (χ1n) is 6.46. The third-order valence-electron chi connectivity index (χ3n) is 3.45. The van der Waals surface area contributed by atoms with Crippen molar-refractivity contribution >= 4 is 11.9 Å². The number of benzene rings is 1. The van der Waals surface area contributed by atoms with Gasteiger partial charge in [-0.2, -0.15) is 13.2 Å². The summed E-state index contributed by atoms with van der Waals surface area (Å²) in [5.41, 5.74) is 0.580. The third kappa shape index (κ3) is 3.74. The van der Waals surface area contributed by atoms with Gasteiger partial charge in [0, 0.05) is 19.5 Å². The van der Waals surface area contributed by atoms with Gasteiger partial charge < -0.3 is 10.0 Å². The topological polar surface area (TPSA) is 57.6 Å². The fraction of sp³-hybridized carbons (Fsp3) is 0.429. The first-order chi connectivity index (χ1) is 9.77. The molecule has 21 heavy (non-hydrogen) atoms. The molecule has 0 radical (unpaired) electrons. The Morgan fingerprint density at radius 1 is 1.19 bits per heavy atom. The fourth-order valence-electron chi connectivity index (χ4n) is 2.31. The van der Waals surface area contributed by atoms with Crippen molar-refractivity contribution in [1.82, 2.24) is 4.90 Å². The van der Waals surface area contributed by atoms with Crippen LogP contribution in [0.4, 0.5) is 13.2 Å². The Morgan fingerprint density at radius 3 is 2.52 bits per heavy atom. The quantitative estimate of drug-likeness (QED) is 0.933. The number of carbonyl (C=O) groups is 2. The van der Waals surface area contributed by atoms with Crippen LogP contribution in [-0.4, -0.2) is 28.4 Å². The fourth-order valence-corrected chi connectivity index (χ4v) is 2.31. The summed E-state index contributed by atoms with van der Waals surface area (Å²) < 4.78 is 37.9. The standard InChI is InChI=1S/C14H14F3NO3/c15-14(16,17)11-2-1-10-8-18(6-5-9(10)7-11)12(19)3-4-13(20)21/h1-2,7H,3-6,8H2,(H,20,21). The van der Waals surface area contributed by atoms with E-state index in [1.165, 1.54) is 11.0 Å². The summed E-state index contributed by atoms with van der Waals surface area (Å²) in [5.74, 6) is -1.33. The van der Waals surface area contributed by atoms with E-state index in [0.29, 0.717) is 24.1 Å². The summed E-state index contributed by atoms with van der Waals surface area (Å²) in [6.07, 6.45) is -4.36. The molecule has 1 aromatic carbocycles. The molecule has 1 amide bonds. The summed E-state index contributed by atoms with van der Waals surface area (Å²) in [6.45, 7) is 0.540. The van der Waals surface area contributed by atoms with Gasteiger partial charge in [0.1, 0.15) is 0 Å². The van der Waals surface area contributed by atoms with E-state index in [0.717, 1.165) is 12.1 Å². The molecule has 1 aliphatic heterocycles. The van der Waals surface area contributed by atoms with Gasteiger partial charge >= 0.3 is 12.1 Å². The van der Waals surface area contributed by atoms with E-state index in [9.17, 15) is 22.8 Å². The highest BCUT2D eigenvalue weighted by Gasteiger charge is 2.32. The summed E-state index contributed by atoms with van der Waals surface area (Å²) in [5, 5.41) is 8.55. The maximum absolute atomic E-state index is 12.6.